The number of aliphatic hydroxyl groups is 2. The molecule has 1 aliphatic rings. The Morgan fingerprint density at radius 1 is 1.11 bits per heavy atom. The number of alkyl halides is 3. The van der Waals surface area contributed by atoms with Gasteiger partial charge in [-0.2, -0.15) is 13.2 Å². The summed E-state index contributed by atoms with van der Waals surface area (Å²) >= 11 is 6.22. The maximum absolute atomic E-state index is 14.0. The maximum Gasteiger partial charge on any atom is 0.416 e. The van der Waals surface area contributed by atoms with E-state index in [-0.39, 0.29) is 39.2 Å². The number of rotatable bonds is 7. The second-order valence-corrected chi connectivity index (χ2v) is 8.74. The molecular weight excluding hydrogens is 539 g/mol. The van der Waals surface area contributed by atoms with E-state index in [0.717, 1.165) is 12.1 Å². The number of ether oxygens (including phenoxy) is 1. The molecule has 0 saturated heterocycles. The van der Waals surface area contributed by atoms with Gasteiger partial charge in [0.1, 0.15) is 30.1 Å². The molecule has 2 atom stereocenters. The van der Waals surface area contributed by atoms with E-state index in [1.54, 1.807) is 0 Å². The van der Waals surface area contributed by atoms with Crippen molar-refractivity contribution in [1.82, 2.24) is 5.32 Å². The zero-order valence-corrected chi connectivity index (χ0v) is 19.8. The van der Waals surface area contributed by atoms with Gasteiger partial charge >= 0.3 is 6.18 Å². The highest BCUT2D eigenvalue weighted by Gasteiger charge is 2.36. The molecule has 38 heavy (non-hydrogen) atoms. The fraction of sp³-hybridized carbons (Fsp3) is 0.200. The summed E-state index contributed by atoms with van der Waals surface area (Å²) in [6.07, 6.45) is -6.20. The van der Waals surface area contributed by atoms with Crippen molar-refractivity contribution < 1.29 is 46.5 Å². The molecule has 3 aromatic rings. The highest BCUT2D eigenvalue weighted by molar-refractivity contribution is 6.31. The molecule has 4 rings (SSSR count). The third kappa shape index (κ3) is 5.72. The smallest absolute Gasteiger partial charge is 0.416 e. The quantitative estimate of drug-likeness (QED) is 0.322. The summed E-state index contributed by atoms with van der Waals surface area (Å²) in [7, 11) is 0. The summed E-state index contributed by atoms with van der Waals surface area (Å²) in [6.45, 7) is -1.03. The van der Waals surface area contributed by atoms with Crippen molar-refractivity contribution >= 4 is 29.1 Å². The van der Waals surface area contributed by atoms with Gasteiger partial charge in [0, 0.05) is 27.8 Å². The molecule has 1 heterocycles. The number of halogens is 6. The Labute approximate surface area is 216 Å². The topological polar surface area (TPSA) is 108 Å². The molecule has 200 valence electrons. The Hall–Kier alpha value is -3.74. The van der Waals surface area contributed by atoms with Crippen LogP contribution in [0.1, 0.15) is 43.4 Å². The lowest BCUT2D eigenvalue weighted by Gasteiger charge is -2.19. The van der Waals surface area contributed by atoms with Crippen LogP contribution >= 0.6 is 11.6 Å². The van der Waals surface area contributed by atoms with Crippen LogP contribution in [-0.4, -0.2) is 41.3 Å². The van der Waals surface area contributed by atoms with E-state index < -0.39 is 66.1 Å². The van der Waals surface area contributed by atoms with Crippen molar-refractivity contribution in [2.75, 3.05) is 18.5 Å². The fourth-order valence-electron chi connectivity index (χ4n) is 3.89. The molecule has 0 bridgehead atoms. The van der Waals surface area contributed by atoms with E-state index >= 15 is 0 Å². The summed E-state index contributed by atoms with van der Waals surface area (Å²) in [6, 6.07) is 6.12. The van der Waals surface area contributed by atoms with Crippen LogP contribution in [0.4, 0.5) is 27.6 Å². The first-order chi connectivity index (χ1) is 17.9. The lowest BCUT2D eigenvalue weighted by molar-refractivity contribution is -0.137. The van der Waals surface area contributed by atoms with Gasteiger partial charge in [-0.05, 0) is 42.5 Å². The predicted molar refractivity (Wildman–Crippen MR) is 125 cm³/mol. The van der Waals surface area contributed by atoms with Gasteiger partial charge in [0.2, 0.25) is 0 Å². The van der Waals surface area contributed by atoms with Crippen molar-refractivity contribution in [1.29, 1.82) is 0 Å². The number of hydrogen-bond donors (Lipinski definition) is 4. The molecule has 0 aromatic heterocycles. The number of benzene rings is 3. The molecule has 2 unspecified atom stereocenters. The Morgan fingerprint density at radius 2 is 1.84 bits per heavy atom. The molecule has 13 heteroatoms. The first-order valence-corrected chi connectivity index (χ1v) is 11.3. The van der Waals surface area contributed by atoms with Crippen LogP contribution in [0.15, 0.2) is 48.5 Å². The molecule has 0 radical (unpaired) electrons. The summed E-state index contributed by atoms with van der Waals surface area (Å²) in [5, 5.41) is 23.7. The summed E-state index contributed by atoms with van der Waals surface area (Å²) in [4.78, 5) is 25.8. The highest BCUT2D eigenvalue weighted by atomic mass is 35.5. The fourth-order valence-corrected chi connectivity index (χ4v) is 4.11. The van der Waals surface area contributed by atoms with Crippen molar-refractivity contribution in [3.05, 3.63) is 93.0 Å². The Morgan fingerprint density at radius 3 is 2.53 bits per heavy atom. The Balaban J connectivity index is 1.80. The van der Waals surface area contributed by atoms with Gasteiger partial charge in [0.25, 0.3) is 11.8 Å². The van der Waals surface area contributed by atoms with Crippen LogP contribution in [-0.2, 0) is 6.18 Å². The molecule has 3 aromatic carbocycles. The van der Waals surface area contributed by atoms with Gasteiger partial charge in [-0.3, -0.25) is 9.59 Å². The standard InChI is InChI=1S/C25H18ClF5N2O5/c26-19-2-1-13(27)6-17(19)22-21-18(24(37)33-22)7-16(38-10-15(35)9-34)8-20(21)32-23(36)11-3-12(25(29,30)31)5-14(28)4-11/h1-8,15,22,34-35H,9-10H2,(H,32,36)(H,33,37). The minimum Gasteiger partial charge on any atom is -0.491 e. The minimum absolute atomic E-state index is 0.0446. The van der Waals surface area contributed by atoms with Crippen LogP contribution in [0.25, 0.3) is 0 Å². The van der Waals surface area contributed by atoms with E-state index in [4.69, 9.17) is 21.4 Å². The molecular formula is C25H18ClF5N2O5. The van der Waals surface area contributed by atoms with Crippen LogP contribution in [0.5, 0.6) is 5.75 Å². The maximum atomic E-state index is 14.0. The lowest BCUT2D eigenvalue weighted by Crippen LogP contribution is -2.21. The minimum atomic E-state index is -4.92. The monoisotopic (exact) mass is 556 g/mol. The number of hydrogen-bond acceptors (Lipinski definition) is 5. The van der Waals surface area contributed by atoms with Crippen molar-refractivity contribution in [2.45, 2.75) is 18.3 Å². The second-order valence-electron chi connectivity index (χ2n) is 8.33. The van der Waals surface area contributed by atoms with Gasteiger partial charge in [0.05, 0.1) is 29.5 Å². The van der Waals surface area contributed by atoms with E-state index in [2.05, 4.69) is 10.6 Å². The third-order valence-electron chi connectivity index (χ3n) is 5.62. The molecule has 4 N–H and O–H groups in total. The summed E-state index contributed by atoms with van der Waals surface area (Å²) in [5.74, 6) is -3.84. The van der Waals surface area contributed by atoms with Gasteiger partial charge in [-0.25, -0.2) is 8.78 Å². The molecule has 0 spiro atoms. The Bertz CT molecular complexity index is 1420. The second kappa shape index (κ2) is 10.6. The molecule has 7 nitrogen and oxygen atoms in total. The van der Waals surface area contributed by atoms with Crippen LogP contribution in [0, 0.1) is 11.6 Å². The van der Waals surface area contributed by atoms with E-state index in [0.29, 0.717) is 12.1 Å². The first kappa shape index (κ1) is 27.3. The van der Waals surface area contributed by atoms with E-state index in [9.17, 15) is 36.6 Å². The van der Waals surface area contributed by atoms with Crippen molar-refractivity contribution in [2.24, 2.45) is 0 Å². The average Bonchev–Trinajstić information content (AvgIpc) is 3.19. The number of aliphatic hydroxyl groups excluding tert-OH is 2. The zero-order valence-electron chi connectivity index (χ0n) is 19.1. The number of carbonyl (C=O) groups is 2. The normalized spacial score (nSPS) is 15.6. The van der Waals surface area contributed by atoms with E-state index in [1.807, 2.05) is 0 Å². The SMILES string of the molecule is O=C(Nc1cc(OCC(O)CO)cc2c1C(c1cc(F)ccc1Cl)NC2=O)c1cc(F)cc(C(F)(F)F)c1. The van der Waals surface area contributed by atoms with Crippen LogP contribution in [0.3, 0.4) is 0 Å². The van der Waals surface area contributed by atoms with Gasteiger partial charge in [-0.15, -0.1) is 0 Å². The molecule has 2 amide bonds. The number of fused-ring (bicyclic) bond motifs is 1. The van der Waals surface area contributed by atoms with Gasteiger partial charge in [-0.1, -0.05) is 11.6 Å². The molecule has 1 aliphatic heterocycles. The zero-order chi connectivity index (χ0) is 27.8. The molecule has 0 saturated carbocycles. The number of anilines is 1. The Kier molecular flexibility index (Phi) is 7.58. The summed E-state index contributed by atoms with van der Waals surface area (Å²) < 4.78 is 72.8. The van der Waals surface area contributed by atoms with Gasteiger partial charge in [0.15, 0.2) is 0 Å². The molecule has 0 aliphatic carbocycles. The van der Waals surface area contributed by atoms with Crippen LogP contribution < -0.4 is 15.4 Å². The largest absolute Gasteiger partial charge is 0.491 e. The number of carbonyl (C=O) groups excluding carboxylic acids is 2. The lowest BCUT2D eigenvalue weighted by atomic mass is 9.95. The van der Waals surface area contributed by atoms with Crippen LogP contribution in [0.2, 0.25) is 5.02 Å². The predicted octanol–water partition coefficient (Wildman–Crippen LogP) is 4.45. The van der Waals surface area contributed by atoms with Gasteiger partial charge < -0.3 is 25.6 Å². The summed E-state index contributed by atoms with van der Waals surface area (Å²) in [5.41, 5.74) is -2.00. The average molecular weight is 557 g/mol. The highest BCUT2D eigenvalue weighted by Crippen LogP contribution is 2.41. The third-order valence-corrected chi connectivity index (χ3v) is 5.96. The van der Waals surface area contributed by atoms with Crippen molar-refractivity contribution in [3.8, 4) is 5.75 Å². The number of amides is 2. The number of nitrogens with one attached hydrogen (secondary N) is 2. The van der Waals surface area contributed by atoms with Crippen molar-refractivity contribution in [3.63, 3.8) is 0 Å². The van der Waals surface area contributed by atoms with E-state index in [1.165, 1.54) is 18.2 Å². The molecule has 0 fully saturated rings. The first-order valence-electron chi connectivity index (χ1n) is 10.9.